The van der Waals surface area contributed by atoms with Crippen LogP contribution in [0.5, 0.6) is 0 Å². The van der Waals surface area contributed by atoms with Gasteiger partial charge in [-0.15, -0.1) is 0 Å². The van der Waals surface area contributed by atoms with E-state index in [0.717, 1.165) is 17.5 Å². The zero-order chi connectivity index (χ0) is 14.4. The molecule has 0 saturated heterocycles. The summed E-state index contributed by atoms with van der Waals surface area (Å²) in [5.41, 5.74) is 7.92. The summed E-state index contributed by atoms with van der Waals surface area (Å²) < 4.78 is 0. The monoisotopic (exact) mass is 264 g/mol. The molecular weight excluding hydrogens is 240 g/mol. The molecule has 1 aromatic rings. The van der Waals surface area contributed by atoms with E-state index in [1.54, 1.807) is 12.1 Å². The van der Waals surface area contributed by atoms with Crippen molar-refractivity contribution >= 4 is 5.91 Å². The Morgan fingerprint density at radius 2 is 2.11 bits per heavy atom. The highest BCUT2D eigenvalue weighted by atomic mass is 16.3. The third-order valence-electron chi connectivity index (χ3n) is 3.18. The van der Waals surface area contributed by atoms with E-state index in [9.17, 15) is 9.90 Å². The second-order valence-corrected chi connectivity index (χ2v) is 5.40. The van der Waals surface area contributed by atoms with Crippen LogP contribution in [-0.4, -0.2) is 23.7 Å². The van der Waals surface area contributed by atoms with Crippen molar-refractivity contribution in [3.8, 4) is 0 Å². The summed E-state index contributed by atoms with van der Waals surface area (Å²) in [6, 6.07) is 5.56. The molecule has 0 fully saturated rings. The number of aliphatic hydroxyl groups excluding tert-OH is 1. The van der Waals surface area contributed by atoms with Crippen molar-refractivity contribution in [1.29, 1.82) is 0 Å². The maximum atomic E-state index is 11.1. The standard InChI is InChI=1S/C15H24N2O2/c1-10(2)6-14(9-18)17-8-13-5-4-12(15(16)19)7-11(13)3/h4-5,7,10,14,17-18H,6,8-9H2,1-3H3,(H2,16,19). The van der Waals surface area contributed by atoms with Crippen molar-refractivity contribution in [2.75, 3.05) is 6.61 Å². The lowest BCUT2D eigenvalue weighted by atomic mass is 10.0. The van der Waals surface area contributed by atoms with E-state index in [1.807, 2.05) is 13.0 Å². The highest BCUT2D eigenvalue weighted by molar-refractivity contribution is 5.93. The number of hydrogen-bond donors (Lipinski definition) is 3. The fourth-order valence-electron chi connectivity index (χ4n) is 2.09. The molecule has 19 heavy (non-hydrogen) atoms. The maximum Gasteiger partial charge on any atom is 0.248 e. The Balaban J connectivity index is 2.64. The minimum Gasteiger partial charge on any atom is -0.395 e. The van der Waals surface area contributed by atoms with Gasteiger partial charge >= 0.3 is 0 Å². The minimum atomic E-state index is -0.407. The molecule has 0 spiro atoms. The van der Waals surface area contributed by atoms with Crippen LogP contribution in [0.2, 0.25) is 0 Å². The van der Waals surface area contributed by atoms with Gasteiger partial charge in [-0.2, -0.15) is 0 Å². The van der Waals surface area contributed by atoms with E-state index in [2.05, 4.69) is 19.2 Å². The van der Waals surface area contributed by atoms with Crippen molar-refractivity contribution in [2.45, 2.75) is 39.8 Å². The van der Waals surface area contributed by atoms with Crippen LogP contribution in [0.15, 0.2) is 18.2 Å². The molecule has 1 aromatic carbocycles. The molecule has 1 rings (SSSR count). The van der Waals surface area contributed by atoms with Crippen LogP contribution < -0.4 is 11.1 Å². The molecule has 4 nitrogen and oxygen atoms in total. The van der Waals surface area contributed by atoms with Gasteiger partial charge in [0.2, 0.25) is 5.91 Å². The van der Waals surface area contributed by atoms with Crippen LogP contribution in [0.4, 0.5) is 0 Å². The number of aliphatic hydroxyl groups is 1. The van der Waals surface area contributed by atoms with Gasteiger partial charge < -0.3 is 16.2 Å². The molecular formula is C15H24N2O2. The molecule has 0 saturated carbocycles. The van der Waals surface area contributed by atoms with Gasteiger partial charge in [-0.3, -0.25) is 4.79 Å². The molecule has 0 aliphatic rings. The predicted molar refractivity (Wildman–Crippen MR) is 76.9 cm³/mol. The highest BCUT2D eigenvalue weighted by Gasteiger charge is 2.10. The van der Waals surface area contributed by atoms with Crippen LogP contribution in [-0.2, 0) is 6.54 Å². The van der Waals surface area contributed by atoms with Crippen molar-refractivity contribution in [2.24, 2.45) is 11.7 Å². The number of rotatable bonds is 7. The highest BCUT2D eigenvalue weighted by Crippen LogP contribution is 2.12. The number of carbonyl (C=O) groups is 1. The first-order valence-electron chi connectivity index (χ1n) is 6.67. The molecule has 106 valence electrons. The first-order valence-corrected chi connectivity index (χ1v) is 6.67. The lowest BCUT2D eigenvalue weighted by molar-refractivity contribution is 0.1000. The molecule has 0 aromatic heterocycles. The zero-order valence-corrected chi connectivity index (χ0v) is 11.9. The van der Waals surface area contributed by atoms with Crippen LogP contribution in [0.3, 0.4) is 0 Å². The largest absolute Gasteiger partial charge is 0.395 e. The van der Waals surface area contributed by atoms with Crippen molar-refractivity contribution in [3.05, 3.63) is 34.9 Å². The lowest BCUT2D eigenvalue weighted by Crippen LogP contribution is -2.33. The average molecular weight is 264 g/mol. The smallest absolute Gasteiger partial charge is 0.248 e. The van der Waals surface area contributed by atoms with Gasteiger partial charge in [0.05, 0.1) is 6.61 Å². The number of nitrogens with one attached hydrogen (secondary N) is 1. The van der Waals surface area contributed by atoms with E-state index in [-0.39, 0.29) is 12.6 Å². The number of primary amides is 1. The Morgan fingerprint density at radius 1 is 1.42 bits per heavy atom. The van der Waals surface area contributed by atoms with E-state index in [0.29, 0.717) is 18.0 Å². The summed E-state index contributed by atoms with van der Waals surface area (Å²) in [5.74, 6) is 0.138. The number of nitrogens with two attached hydrogens (primary N) is 1. The van der Waals surface area contributed by atoms with Gasteiger partial charge in [-0.25, -0.2) is 0 Å². The molecule has 0 aliphatic heterocycles. The average Bonchev–Trinajstić information content (AvgIpc) is 2.34. The molecule has 4 N–H and O–H groups in total. The van der Waals surface area contributed by atoms with Gasteiger partial charge in [-0.05, 0) is 42.5 Å². The summed E-state index contributed by atoms with van der Waals surface area (Å²) in [6.07, 6.45) is 0.939. The molecule has 0 heterocycles. The van der Waals surface area contributed by atoms with Crippen LogP contribution in [0.25, 0.3) is 0 Å². The SMILES string of the molecule is Cc1cc(C(N)=O)ccc1CNC(CO)CC(C)C. The molecule has 1 amide bonds. The fourth-order valence-corrected chi connectivity index (χ4v) is 2.09. The molecule has 0 aliphatic carbocycles. The maximum absolute atomic E-state index is 11.1. The first-order chi connectivity index (χ1) is 8.93. The Labute approximate surface area is 115 Å². The van der Waals surface area contributed by atoms with Crippen LogP contribution in [0, 0.1) is 12.8 Å². The molecule has 1 atom stereocenters. The number of aryl methyl sites for hydroxylation is 1. The van der Waals surface area contributed by atoms with E-state index < -0.39 is 5.91 Å². The quantitative estimate of drug-likeness (QED) is 0.700. The van der Waals surface area contributed by atoms with E-state index in [1.165, 1.54) is 0 Å². The molecule has 4 heteroatoms. The number of carbonyl (C=O) groups excluding carboxylic acids is 1. The Morgan fingerprint density at radius 3 is 2.58 bits per heavy atom. The van der Waals surface area contributed by atoms with Crippen LogP contribution in [0.1, 0.15) is 41.8 Å². The summed E-state index contributed by atoms with van der Waals surface area (Å²) in [4.78, 5) is 11.1. The van der Waals surface area contributed by atoms with Crippen molar-refractivity contribution in [1.82, 2.24) is 5.32 Å². The Kier molecular flexibility index (Phi) is 5.99. The Bertz CT molecular complexity index is 430. The normalized spacial score (nSPS) is 12.7. The summed E-state index contributed by atoms with van der Waals surface area (Å²) in [7, 11) is 0. The second kappa shape index (κ2) is 7.26. The first kappa shape index (κ1) is 15.7. The van der Waals surface area contributed by atoms with Crippen molar-refractivity contribution in [3.63, 3.8) is 0 Å². The van der Waals surface area contributed by atoms with Gasteiger partial charge in [0, 0.05) is 18.2 Å². The lowest BCUT2D eigenvalue weighted by Gasteiger charge is -2.19. The van der Waals surface area contributed by atoms with Crippen LogP contribution >= 0.6 is 0 Å². The van der Waals surface area contributed by atoms with Gasteiger partial charge in [-0.1, -0.05) is 19.9 Å². The van der Waals surface area contributed by atoms with Crippen molar-refractivity contribution < 1.29 is 9.90 Å². The van der Waals surface area contributed by atoms with Gasteiger partial charge in [0.25, 0.3) is 0 Å². The molecule has 0 bridgehead atoms. The Hall–Kier alpha value is -1.39. The molecule has 0 radical (unpaired) electrons. The third kappa shape index (κ3) is 5.01. The summed E-state index contributed by atoms with van der Waals surface area (Å²) >= 11 is 0. The summed E-state index contributed by atoms with van der Waals surface area (Å²) in [5, 5.41) is 12.7. The van der Waals surface area contributed by atoms with E-state index >= 15 is 0 Å². The van der Waals surface area contributed by atoms with Gasteiger partial charge in [0.1, 0.15) is 0 Å². The number of benzene rings is 1. The minimum absolute atomic E-state index is 0.107. The predicted octanol–water partition coefficient (Wildman–Crippen LogP) is 1.59. The topological polar surface area (TPSA) is 75.4 Å². The second-order valence-electron chi connectivity index (χ2n) is 5.40. The number of hydrogen-bond acceptors (Lipinski definition) is 3. The number of amides is 1. The molecule has 1 unspecified atom stereocenters. The summed E-state index contributed by atoms with van der Waals surface area (Å²) in [6.45, 7) is 7.05. The fraction of sp³-hybridized carbons (Fsp3) is 0.533. The third-order valence-corrected chi connectivity index (χ3v) is 3.18. The van der Waals surface area contributed by atoms with E-state index in [4.69, 9.17) is 5.73 Å². The van der Waals surface area contributed by atoms with Gasteiger partial charge in [0.15, 0.2) is 0 Å². The zero-order valence-electron chi connectivity index (χ0n) is 11.9.